The predicted octanol–water partition coefficient (Wildman–Crippen LogP) is 6.83. The van der Waals surface area contributed by atoms with Gasteiger partial charge in [0, 0.05) is 27.1 Å². The van der Waals surface area contributed by atoms with Crippen molar-refractivity contribution in [1.29, 1.82) is 0 Å². The summed E-state index contributed by atoms with van der Waals surface area (Å²) in [4.78, 5) is 0. The standard InChI is InChI=1S/C20H36I2O3/c1-23-19(15-11-7-3-5-9-13-17-21)25-20(24-2)16-12-8-4-6-10-14-18-22/h3-4,7-8,19-20H,5-6,9-18H2,1-2H3. The van der Waals surface area contributed by atoms with Crippen LogP contribution >= 0.6 is 45.2 Å². The maximum Gasteiger partial charge on any atom is 0.160 e. The summed E-state index contributed by atoms with van der Waals surface area (Å²) in [6.07, 6.45) is 19.8. The molecule has 0 aromatic rings. The second-order valence-corrected chi connectivity index (χ2v) is 8.09. The Balaban J connectivity index is 3.87. The molecule has 0 aromatic carbocycles. The number of rotatable bonds is 18. The van der Waals surface area contributed by atoms with Crippen LogP contribution in [0.15, 0.2) is 24.3 Å². The highest BCUT2D eigenvalue weighted by molar-refractivity contribution is 14.1. The van der Waals surface area contributed by atoms with Crippen molar-refractivity contribution >= 4 is 45.2 Å². The second-order valence-electron chi connectivity index (χ2n) is 5.93. The Morgan fingerprint density at radius 2 is 1.04 bits per heavy atom. The first-order valence-electron chi connectivity index (χ1n) is 9.41. The number of halogens is 2. The van der Waals surface area contributed by atoms with Crippen LogP contribution in [0.4, 0.5) is 0 Å². The minimum Gasteiger partial charge on any atom is -0.356 e. The highest BCUT2D eigenvalue weighted by Crippen LogP contribution is 2.13. The summed E-state index contributed by atoms with van der Waals surface area (Å²) in [5, 5.41) is 0. The van der Waals surface area contributed by atoms with Gasteiger partial charge in [-0.25, -0.2) is 0 Å². The molecule has 148 valence electrons. The summed E-state index contributed by atoms with van der Waals surface area (Å²) in [6.45, 7) is 0. The number of hydrogen-bond donors (Lipinski definition) is 0. The quantitative estimate of drug-likeness (QED) is 0.0587. The van der Waals surface area contributed by atoms with Gasteiger partial charge in [0.25, 0.3) is 0 Å². The Morgan fingerprint density at radius 1 is 0.640 bits per heavy atom. The fourth-order valence-corrected chi connectivity index (χ4v) is 3.38. The van der Waals surface area contributed by atoms with Crippen LogP contribution in [0.3, 0.4) is 0 Å². The molecule has 0 aliphatic heterocycles. The van der Waals surface area contributed by atoms with E-state index in [2.05, 4.69) is 69.5 Å². The number of allylic oxidation sites excluding steroid dienone is 4. The fourth-order valence-electron chi connectivity index (χ4n) is 2.30. The van der Waals surface area contributed by atoms with Gasteiger partial charge in [-0.1, -0.05) is 69.5 Å². The molecule has 2 unspecified atom stereocenters. The molecule has 0 aliphatic carbocycles. The smallest absolute Gasteiger partial charge is 0.160 e. The summed E-state index contributed by atoms with van der Waals surface area (Å²) in [5.74, 6) is 0. The first-order chi connectivity index (χ1) is 12.3. The zero-order chi connectivity index (χ0) is 18.6. The number of methoxy groups -OCH3 is 2. The van der Waals surface area contributed by atoms with Gasteiger partial charge in [0.2, 0.25) is 0 Å². The third-order valence-corrected chi connectivity index (χ3v) is 5.34. The normalized spacial score (nSPS) is 14.6. The highest BCUT2D eigenvalue weighted by Gasteiger charge is 2.14. The summed E-state index contributed by atoms with van der Waals surface area (Å²) >= 11 is 4.86. The third kappa shape index (κ3) is 18.0. The summed E-state index contributed by atoms with van der Waals surface area (Å²) in [7, 11) is 3.41. The highest BCUT2D eigenvalue weighted by atomic mass is 127. The van der Waals surface area contributed by atoms with E-state index in [1.807, 2.05) is 0 Å². The van der Waals surface area contributed by atoms with Gasteiger partial charge >= 0.3 is 0 Å². The molecule has 0 saturated heterocycles. The van der Waals surface area contributed by atoms with E-state index >= 15 is 0 Å². The summed E-state index contributed by atoms with van der Waals surface area (Å²) in [5.41, 5.74) is 0. The molecule has 0 amide bonds. The van der Waals surface area contributed by atoms with Crippen LogP contribution in [0.2, 0.25) is 0 Å². The first-order valence-corrected chi connectivity index (χ1v) is 12.5. The lowest BCUT2D eigenvalue weighted by Crippen LogP contribution is -2.25. The van der Waals surface area contributed by atoms with Gasteiger partial charge in [-0.2, -0.15) is 0 Å². The van der Waals surface area contributed by atoms with Crippen LogP contribution in [0.25, 0.3) is 0 Å². The lowest BCUT2D eigenvalue weighted by Gasteiger charge is -2.22. The minimum atomic E-state index is -0.198. The number of hydrogen-bond acceptors (Lipinski definition) is 3. The van der Waals surface area contributed by atoms with E-state index in [9.17, 15) is 0 Å². The molecule has 0 saturated carbocycles. The summed E-state index contributed by atoms with van der Waals surface area (Å²) in [6, 6.07) is 0. The van der Waals surface area contributed by atoms with E-state index in [4.69, 9.17) is 14.2 Å². The molecule has 0 spiro atoms. The topological polar surface area (TPSA) is 27.7 Å². The second kappa shape index (κ2) is 21.1. The SMILES string of the molecule is COC(CCC=CCCCCI)OC(CCC=CCCCCI)OC. The van der Waals surface area contributed by atoms with E-state index in [-0.39, 0.29) is 12.6 Å². The van der Waals surface area contributed by atoms with Gasteiger partial charge in [-0.3, -0.25) is 0 Å². The molecule has 0 fully saturated rings. The Hall–Kier alpha value is 0.820. The average Bonchev–Trinajstić information content (AvgIpc) is 2.64. The first kappa shape index (κ1) is 25.8. The molecule has 0 aromatic heterocycles. The van der Waals surface area contributed by atoms with Gasteiger partial charge in [0.15, 0.2) is 12.6 Å². The Morgan fingerprint density at radius 3 is 1.40 bits per heavy atom. The molecule has 25 heavy (non-hydrogen) atoms. The maximum atomic E-state index is 5.92. The molecule has 0 radical (unpaired) electrons. The van der Waals surface area contributed by atoms with Crippen molar-refractivity contribution in [2.75, 3.05) is 23.1 Å². The largest absolute Gasteiger partial charge is 0.356 e. The number of alkyl halides is 2. The predicted molar refractivity (Wildman–Crippen MR) is 125 cm³/mol. The van der Waals surface area contributed by atoms with Crippen molar-refractivity contribution < 1.29 is 14.2 Å². The zero-order valence-corrected chi connectivity index (χ0v) is 20.2. The Labute approximate surface area is 182 Å². The van der Waals surface area contributed by atoms with Crippen molar-refractivity contribution in [3.05, 3.63) is 24.3 Å². The minimum absolute atomic E-state index is 0.198. The van der Waals surface area contributed by atoms with E-state index in [0.29, 0.717) is 0 Å². The van der Waals surface area contributed by atoms with Gasteiger partial charge in [-0.05, 0) is 60.2 Å². The Bertz CT molecular complexity index is 292. The molecular weight excluding hydrogens is 542 g/mol. The van der Waals surface area contributed by atoms with Gasteiger partial charge < -0.3 is 14.2 Å². The van der Waals surface area contributed by atoms with E-state index in [1.165, 1.54) is 47.4 Å². The van der Waals surface area contributed by atoms with Crippen LogP contribution in [-0.4, -0.2) is 35.7 Å². The monoisotopic (exact) mass is 578 g/mol. The van der Waals surface area contributed by atoms with Gasteiger partial charge in [0.1, 0.15) is 0 Å². The van der Waals surface area contributed by atoms with Crippen molar-refractivity contribution in [1.82, 2.24) is 0 Å². The molecule has 0 aliphatic rings. The molecule has 0 bridgehead atoms. The van der Waals surface area contributed by atoms with Crippen LogP contribution in [-0.2, 0) is 14.2 Å². The van der Waals surface area contributed by atoms with E-state index < -0.39 is 0 Å². The van der Waals surface area contributed by atoms with E-state index in [0.717, 1.165) is 25.7 Å². The molecule has 2 atom stereocenters. The molecule has 0 heterocycles. The van der Waals surface area contributed by atoms with Crippen molar-refractivity contribution in [3.8, 4) is 0 Å². The molecule has 3 nitrogen and oxygen atoms in total. The van der Waals surface area contributed by atoms with Crippen LogP contribution in [0.1, 0.15) is 64.2 Å². The summed E-state index contributed by atoms with van der Waals surface area (Å²) < 4.78 is 19.3. The van der Waals surface area contributed by atoms with E-state index in [1.54, 1.807) is 14.2 Å². The number of unbranched alkanes of at least 4 members (excludes halogenated alkanes) is 4. The van der Waals surface area contributed by atoms with Crippen molar-refractivity contribution in [2.24, 2.45) is 0 Å². The third-order valence-electron chi connectivity index (χ3n) is 3.81. The van der Waals surface area contributed by atoms with Crippen molar-refractivity contribution in [3.63, 3.8) is 0 Å². The average molecular weight is 578 g/mol. The Kier molecular flexibility index (Phi) is 21.8. The van der Waals surface area contributed by atoms with Crippen LogP contribution in [0, 0.1) is 0 Å². The maximum absolute atomic E-state index is 5.92. The fraction of sp³-hybridized carbons (Fsp3) is 0.800. The van der Waals surface area contributed by atoms with Crippen molar-refractivity contribution in [2.45, 2.75) is 76.8 Å². The van der Waals surface area contributed by atoms with Gasteiger partial charge in [0.05, 0.1) is 0 Å². The molecule has 0 N–H and O–H groups in total. The lowest BCUT2D eigenvalue weighted by molar-refractivity contribution is -0.232. The molecule has 0 rings (SSSR count). The van der Waals surface area contributed by atoms with Crippen LogP contribution in [0.5, 0.6) is 0 Å². The zero-order valence-electron chi connectivity index (χ0n) is 15.9. The van der Waals surface area contributed by atoms with Gasteiger partial charge in [-0.15, -0.1) is 0 Å². The lowest BCUT2D eigenvalue weighted by atomic mass is 10.2. The van der Waals surface area contributed by atoms with Crippen LogP contribution < -0.4 is 0 Å². The number of ether oxygens (including phenoxy) is 3. The molecule has 5 heteroatoms. The molecular formula is C20H36I2O3.